The molecule has 188 valence electrons. The largest absolute Gasteiger partial charge is 0.460 e. The topological polar surface area (TPSA) is 74.7 Å². The van der Waals surface area contributed by atoms with Gasteiger partial charge in [0, 0.05) is 42.3 Å². The van der Waals surface area contributed by atoms with Crippen LogP contribution in [0.3, 0.4) is 0 Å². The number of likely N-dealkylation sites (N-methyl/N-ethyl adjacent to an activating group) is 1. The van der Waals surface area contributed by atoms with Crippen LogP contribution in [-0.2, 0) is 19.1 Å². The SMILES string of the molecule is CC[C@H](C)[C@@H]([C@@H](CC(=O)OC(C)(C)C)OC)N(C)C(=O)C(N=C(N(C)C)N(C)C)C(C)C. The Hall–Kier alpha value is -1.83. The van der Waals surface area contributed by atoms with E-state index in [9.17, 15) is 9.59 Å². The van der Waals surface area contributed by atoms with Gasteiger partial charge in [-0.05, 0) is 32.6 Å². The van der Waals surface area contributed by atoms with Crippen molar-refractivity contribution in [1.29, 1.82) is 0 Å². The van der Waals surface area contributed by atoms with E-state index in [1.165, 1.54) is 0 Å². The molecule has 0 heterocycles. The second kappa shape index (κ2) is 13.0. The molecule has 0 aromatic rings. The van der Waals surface area contributed by atoms with Gasteiger partial charge in [0.05, 0.1) is 18.6 Å². The first kappa shape index (κ1) is 30.2. The molecule has 0 bridgehead atoms. The van der Waals surface area contributed by atoms with Crippen molar-refractivity contribution < 1.29 is 19.1 Å². The summed E-state index contributed by atoms with van der Waals surface area (Å²) in [5.41, 5.74) is -0.574. The molecule has 0 saturated heterocycles. The fraction of sp³-hybridized carbons (Fsp3) is 0.875. The maximum Gasteiger partial charge on any atom is 0.309 e. The molecule has 1 unspecified atom stereocenters. The number of amides is 1. The predicted molar refractivity (Wildman–Crippen MR) is 131 cm³/mol. The van der Waals surface area contributed by atoms with Gasteiger partial charge < -0.3 is 24.2 Å². The lowest BCUT2D eigenvalue weighted by molar-refractivity contribution is -0.160. The summed E-state index contributed by atoms with van der Waals surface area (Å²) in [6, 6.07) is -0.839. The predicted octanol–water partition coefficient (Wildman–Crippen LogP) is 3.11. The maximum absolute atomic E-state index is 13.7. The summed E-state index contributed by atoms with van der Waals surface area (Å²) in [6.07, 6.45) is 0.441. The Labute approximate surface area is 196 Å². The third-order valence-electron chi connectivity index (χ3n) is 5.43. The number of ether oxygens (including phenoxy) is 2. The molecular formula is C24H48N4O4. The molecule has 0 fully saturated rings. The summed E-state index contributed by atoms with van der Waals surface area (Å²) >= 11 is 0. The number of hydrogen-bond donors (Lipinski definition) is 0. The molecule has 0 aliphatic heterocycles. The zero-order valence-electron chi connectivity index (χ0n) is 22.7. The van der Waals surface area contributed by atoms with Gasteiger partial charge >= 0.3 is 5.97 Å². The van der Waals surface area contributed by atoms with Gasteiger partial charge in [-0.15, -0.1) is 0 Å². The van der Waals surface area contributed by atoms with Gasteiger partial charge in [-0.25, -0.2) is 4.99 Å². The van der Waals surface area contributed by atoms with Crippen LogP contribution in [0.1, 0.15) is 61.3 Å². The Balaban J connectivity index is 6.03. The molecule has 0 aromatic heterocycles. The molecule has 4 atom stereocenters. The highest BCUT2D eigenvalue weighted by Crippen LogP contribution is 2.25. The van der Waals surface area contributed by atoms with E-state index in [1.54, 1.807) is 19.1 Å². The normalized spacial score (nSPS) is 15.4. The Morgan fingerprint density at radius 1 is 0.969 bits per heavy atom. The number of carbonyl (C=O) groups excluding carboxylic acids is 2. The van der Waals surface area contributed by atoms with E-state index in [1.807, 2.05) is 72.6 Å². The van der Waals surface area contributed by atoms with Gasteiger partial charge in [0.2, 0.25) is 5.91 Å². The fourth-order valence-electron chi connectivity index (χ4n) is 3.73. The molecular weight excluding hydrogens is 408 g/mol. The summed E-state index contributed by atoms with van der Waals surface area (Å²) in [6.45, 7) is 13.7. The molecule has 0 aromatic carbocycles. The zero-order valence-corrected chi connectivity index (χ0v) is 22.7. The molecule has 0 aliphatic carbocycles. The van der Waals surface area contributed by atoms with Crippen LogP contribution in [0.5, 0.6) is 0 Å². The first-order chi connectivity index (χ1) is 14.6. The summed E-state index contributed by atoms with van der Waals surface area (Å²) in [7, 11) is 11.0. The summed E-state index contributed by atoms with van der Waals surface area (Å²) in [4.78, 5) is 36.5. The first-order valence-electron chi connectivity index (χ1n) is 11.5. The quantitative estimate of drug-likeness (QED) is 0.286. The molecule has 0 spiro atoms. The lowest BCUT2D eigenvalue weighted by Crippen LogP contribution is -2.53. The van der Waals surface area contributed by atoms with Crippen LogP contribution in [0.2, 0.25) is 0 Å². The summed E-state index contributed by atoms with van der Waals surface area (Å²) < 4.78 is 11.3. The molecule has 0 saturated carbocycles. The zero-order chi connectivity index (χ0) is 25.4. The average molecular weight is 457 g/mol. The molecule has 0 aliphatic rings. The van der Waals surface area contributed by atoms with Crippen molar-refractivity contribution in [3.8, 4) is 0 Å². The van der Waals surface area contributed by atoms with Gasteiger partial charge in [-0.1, -0.05) is 34.1 Å². The first-order valence-corrected chi connectivity index (χ1v) is 11.5. The number of methoxy groups -OCH3 is 1. The number of esters is 1. The molecule has 8 nitrogen and oxygen atoms in total. The second-order valence-corrected chi connectivity index (χ2v) is 10.3. The standard InChI is InChI=1S/C24H48N4O4/c1-14-17(4)21(18(31-13)15-19(29)32-24(5,6)7)28(12)22(30)20(16(2)3)25-23(26(8)9)27(10)11/h16-18,20-21H,14-15H2,1-13H3/t17-,18+,20?,21-/m0/s1. The molecule has 0 rings (SSSR count). The van der Waals surface area contributed by atoms with Crippen molar-refractivity contribution in [3.63, 3.8) is 0 Å². The van der Waals surface area contributed by atoms with Crippen molar-refractivity contribution in [1.82, 2.24) is 14.7 Å². The van der Waals surface area contributed by atoms with Crippen LogP contribution in [0.4, 0.5) is 0 Å². The van der Waals surface area contributed by atoms with E-state index in [0.717, 1.165) is 12.4 Å². The number of rotatable bonds is 10. The van der Waals surface area contributed by atoms with E-state index in [0.29, 0.717) is 0 Å². The van der Waals surface area contributed by atoms with Gasteiger partial charge in [-0.3, -0.25) is 9.59 Å². The third-order valence-corrected chi connectivity index (χ3v) is 5.43. The Morgan fingerprint density at radius 2 is 1.47 bits per heavy atom. The smallest absolute Gasteiger partial charge is 0.309 e. The van der Waals surface area contributed by atoms with E-state index in [-0.39, 0.29) is 36.2 Å². The van der Waals surface area contributed by atoms with E-state index in [4.69, 9.17) is 14.5 Å². The van der Waals surface area contributed by atoms with Crippen LogP contribution in [-0.4, -0.2) is 98.7 Å². The lowest BCUT2D eigenvalue weighted by atomic mass is 9.90. The minimum absolute atomic E-state index is 0.00397. The number of hydrogen-bond acceptors (Lipinski definition) is 5. The van der Waals surface area contributed by atoms with Gasteiger partial charge in [0.25, 0.3) is 0 Å². The van der Waals surface area contributed by atoms with Crippen LogP contribution in [0.25, 0.3) is 0 Å². The van der Waals surface area contributed by atoms with Crippen LogP contribution < -0.4 is 0 Å². The van der Waals surface area contributed by atoms with E-state index in [2.05, 4.69) is 13.8 Å². The van der Waals surface area contributed by atoms with Crippen LogP contribution in [0, 0.1) is 11.8 Å². The number of guanidine groups is 1. The third kappa shape index (κ3) is 9.35. The number of carbonyl (C=O) groups is 2. The highest BCUT2D eigenvalue weighted by molar-refractivity contribution is 5.87. The summed E-state index contributed by atoms with van der Waals surface area (Å²) in [5.74, 6) is 0.430. The fourth-order valence-corrected chi connectivity index (χ4v) is 3.73. The van der Waals surface area contributed by atoms with Crippen molar-refractivity contribution >= 4 is 17.8 Å². The summed E-state index contributed by atoms with van der Waals surface area (Å²) in [5, 5.41) is 0. The number of aliphatic imine (C=N–C) groups is 1. The minimum atomic E-state index is -0.574. The molecule has 32 heavy (non-hydrogen) atoms. The van der Waals surface area contributed by atoms with Crippen molar-refractivity contribution in [2.45, 2.75) is 85.1 Å². The Kier molecular flexibility index (Phi) is 12.3. The second-order valence-electron chi connectivity index (χ2n) is 10.3. The molecule has 0 N–H and O–H groups in total. The van der Waals surface area contributed by atoms with E-state index < -0.39 is 17.7 Å². The van der Waals surface area contributed by atoms with Gasteiger partial charge in [-0.2, -0.15) is 0 Å². The highest BCUT2D eigenvalue weighted by Gasteiger charge is 2.38. The van der Waals surface area contributed by atoms with Crippen LogP contribution in [0.15, 0.2) is 4.99 Å². The van der Waals surface area contributed by atoms with E-state index >= 15 is 0 Å². The molecule has 0 radical (unpaired) electrons. The number of nitrogens with zero attached hydrogens (tertiary/aromatic N) is 4. The van der Waals surface area contributed by atoms with Gasteiger partial charge in [0.1, 0.15) is 11.6 Å². The van der Waals surface area contributed by atoms with Crippen molar-refractivity contribution in [3.05, 3.63) is 0 Å². The minimum Gasteiger partial charge on any atom is -0.460 e. The van der Waals surface area contributed by atoms with Crippen LogP contribution >= 0.6 is 0 Å². The molecule has 1 amide bonds. The maximum atomic E-state index is 13.7. The average Bonchev–Trinajstić information content (AvgIpc) is 2.64. The van der Waals surface area contributed by atoms with Crippen molar-refractivity contribution in [2.75, 3.05) is 42.3 Å². The Bertz CT molecular complexity index is 616. The van der Waals surface area contributed by atoms with Crippen molar-refractivity contribution in [2.24, 2.45) is 16.8 Å². The van der Waals surface area contributed by atoms with Gasteiger partial charge in [0.15, 0.2) is 5.96 Å². The monoisotopic (exact) mass is 456 g/mol. The highest BCUT2D eigenvalue weighted by atomic mass is 16.6. The lowest BCUT2D eigenvalue weighted by Gasteiger charge is -2.39. The Morgan fingerprint density at radius 3 is 1.81 bits per heavy atom. The molecule has 8 heteroatoms.